The molecule has 2 unspecified atom stereocenters. The number of hydrogen-bond acceptors (Lipinski definition) is 5. The van der Waals surface area contributed by atoms with E-state index in [1.807, 2.05) is 0 Å². The van der Waals surface area contributed by atoms with Crippen LogP contribution in [0.15, 0.2) is 23.2 Å². The van der Waals surface area contributed by atoms with E-state index in [1.54, 1.807) is 29.2 Å². The number of thioether (sulfide) groups is 1. The Balaban J connectivity index is 2.05. The lowest BCUT2D eigenvalue weighted by atomic mass is 10.2. The van der Waals surface area contributed by atoms with Gasteiger partial charge in [0.1, 0.15) is 6.42 Å². The van der Waals surface area contributed by atoms with Crippen molar-refractivity contribution in [3.05, 3.63) is 28.2 Å². The Morgan fingerprint density at radius 1 is 1.42 bits per heavy atom. The molecule has 0 radical (unpaired) electrons. The van der Waals surface area contributed by atoms with Gasteiger partial charge in [-0.1, -0.05) is 35.0 Å². The first-order chi connectivity index (χ1) is 11.3. The Labute approximate surface area is 153 Å². The maximum absolute atomic E-state index is 11.9. The Morgan fingerprint density at radius 3 is 2.83 bits per heavy atom. The number of aliphatic imine (C=N–C) groups is 1. The Kier molecular flexibility index (Phi) is 4.80. The van der Waals surface area contributed by atoms with Crippen molar-refractivity contribution in [1.29, 1.82) is 5.26 Å². The molecule has 126 valence electrons. The van der Waals surface area contributed by atoms with E-state index in [0.717, 1.165) is 0 Å². The van der Waals surface area contributed by atoms with Crippen molar-refractivity contribution in [2.45, 2.75) is 17.7 Å². The van der Waals surface area contributed by atoms with Crippen LogP contribution < -0.4 is 4.90 Å². The number of sulfone groups is 1. The summed E-state index contributed by atoms with van der Waals surface area (Å²) in [5, 5.41) is 9.55. The molecule has 3 rings (SSSR count). The molecule has 0 spiro atoms. The third-order valence-corrected chi connectivity index (χ3v) is 7.43. The van der Waals surface area contributed by atoms with Crippen LogP contribution in [0.5, 0.6) is 0 Å². The van der Waals surface area contributed by atoms with Crippen molar-refractivity contribution in [3.8, 4) is 6.07 Å². The van der Waals surface area contributed by atoms with Crippen molar-refractivity contribution < 1.29 is 13.2 Å². The van der Waals surface area contributed by atoms with Crippen molar-refractivity contribution in [2.24, 2.45) is 4.99 Å². The van der Waals surface area contributed by atoms with E-state index in [0.29, 0.717) is 20.9 Å². The molecule has 2 aliphatic heterocycles. The number of nitriles is 1. The Hall–Kier alpha value is -1.27. The monoisotopic (exact) mass is 403 g/mol. The SMILES string of the molecule is N#CCC(=O)N=C1SC2CS(=O)(=O)CC2N1c1ccc(Cl)cc1Cl. The largest absolute Gasteiger partial charge is 0.314 e. The lowest BCUT2D eigenvalue weighted by molar-refractivity contribution is -0.116. The van der Waals surface area contributed by atoms with Gasteiger partial charge < -0.3 is 4.90 Å². The molecule has 10 heteroatoms. The van der Waals surface area contributed by atoms with Gasteiger partial charge in [0.2, 0.25) is 0 Å². The highest BCUT2D eigenvalue weighted by molar-refractivity contribution is 8.16. The van der Waals surface area contributed by atoms with Gasteiger partial charge in [-0.2, -0.15) is 10.3 Å². The Morgan fingerprint density at radius 2 is 2.17 bits per heavy atom. The third-order valence-electron chi connectivity index (χ3n) is 3.69. The minimum atomic E-state index is -3.15. The standard InChI is InChI=1S/C14H11Cl2N3O3S2/c15-8-1-2-10(9(16)5-8)19-11-6-24(21,22)7-12(11)23-14(19)18-13(20)3-4-17/h1-2,5,11-12H,3,6-7H2. The first-order valence-corrected chi connectivity index (χ1v) is 10.4. The summed E-state index contributed by atoms with van der Waals surface area (Å²) < 4.78 is 23.9. The van der Waals surface area contributed by atoms with Gasteiger partial charge in [-0.25, -0.2) is 8.42 Å². The van der Waals surface area contributed by atoms with Crippen molar-refractivity contribution in [1.82, 2.24) is 0 Å². The lowest BCUT2D eigenvalue weighted by Gasteiger charge is -2.25. The van der Waals surface area contributed by atoms with Crippen LogP contribution in [0.2, 0.25) is 10.0 Å². The summed E-state index contributed by atoms with van der Waals surface area (Å²) in [5.41, 5.74) is 0.543. The number of fused-ring (bicyclic) bond motifs is 1. The number of nitrogens with zero attached hydrogens (tertiary/aromatic N) is 3. The van der Waals surface area contributed by atoms with Crippen LogP contribution in [0.3, 0.4) is 0 Å². The number of amides is 1. The predicted molar refractivity (Wildman–Crippen MR) is 95.4 cm³/mol. The first-order valence-electron chi connectivity index (χ1n) is 6.90. The van der Waals surface area contributed by atoms with Crippen molar-refractivity contribution >= 4 is 61.6 Å². The Bertz CT molecular complexity index is 880. The van der Waals surface area contributed by atoms with E-state index < -0.39 is 15.7 Å². The molecule has 0 saturated carbocycles. The fourth-order valence-corrected chi connectivity index (χ4v) is 7.16. The van der Waals surface area contributed by atoms with Gasteiger partial charge in [0.15, 0.2) is 15.0 Å². The molecule has 24 heavy (non-hydrogen) atoms. The second kappa shape index (κ2) is 6.56. The van der Waals surface area contributed by atoms with Gasteiger partial charge in [0.25, 0.3) is 5.91 Å². The quantitative estimate of drug-likeness (QED) is 0.753. The summed E-state index contributed by atoms with van der Waals surface area (Å²) in [5.74, 6) is -0.581. The number of carbonyl (C=O) groups is 1. The molecule has 2 fully saturated rings. The van der Waals surface area contributed by atoms with Crippen molar-refractivity contribution in [2.75, 3.05) is 16.4 Å². The third kappa shape index (κ3) is 3.40. The highest BCUT2D eigenvalue weighted by Crippen LogP contribution is 2.43. The van der Waals surface area contributed by atoms with E-state index >= 15 is 0 Å². The van der Waals surface area contributed by atoms with E-state index in [1.165, 1.54) is 11.8 Å². The number of halogens is 2. The zero-order chi connectivity index (χ0) is 17.5. The van der Waals surface area contributed by atoms with Crippen LogP contribution in [-0.4, -0.2) is 42.3 Å². The van der Waals surface area contributed by atoms with Gasteiger partial charge in [-0.3, -0.25) is 4.79 Å². The van der Waals surface area contributed by atoms with Gasteiger partial charge in [0, 0.05) is 10.3 Å². The summed E-state index contributed by atoms with van der Waals surface area (Å²) in [6.07, 6.45) is -0.333. The second-order valence-corrected chi connectivity index (χ2v) is 9.59. The van der Waals surface area contributed by atoms with Crippen LogP contribution in [0.1, 0.15) is 6.42 Å². The maximum Gasteiger partial charge on any atom is 0.262 e. The zero-order valence-electron chi connectivity index (χ0n) is 12.1. The summed E-state index contributed by atoms with van der Waals surface area (Å²) in [4.78, 5) is 17.4. The molecule has 0 aromatic heterocycles. The number of amidine groups is 1. The number of hydrogen-bond donors (Lipinski definition) is 0. The van der Waals surface area contributed by atoms with Gasteiger partial charge >= 0.3 is 0 Å². The summed E-state index contributed by atoms with van der Waals surface area (Å²) >= 11 is 13.4. The molecule has 1 amide bonds. The fraction of sp³-hybridized carbons (Fsp3) is 0.357. The number of benzene rings is 1. The first kappa shape index (κ1) is 17.5. The van der Waals surface area contributed by atoms with Crippen LogP contribution in [0.25, 0.3) is 0 Å². The van der Waals surface area contributed by atoms with Crippen LogP contribution >= 0.6 is 35.0 Å². The lowest BCUT2D eigenvalue weighted by Crippen LogP contribution is -2.37. The molecule has 1 aromatic rings. The molecular formula is C14H11Cl2N3O3S2. The van der Waals surface area contributed by atoms with E-state index in [4.69, 9.17) is 28.5 Å². The van der Waals surface area contributed by atoms with Gasteiger partial charge in [-0.15, -0.1) is 0 Å². The zero-order valence-corrected chi connectivity index (χ0v) is 15.3. The molecule has 6 nitrogen and oxygen atoms in total. The van der Waals surface area contributed by atoms with E-state index in [9.17, 15) is 13.2 Å². The average molecular weight is 404 g/mol. The average Bonchev–Trinajstić information content (AvgIpc) is 2.91. The number of carbonyl (C=O) groups excluding carboxylic acids is 1. The minimum absolute atomic E-state index is 0.0233. The molecule has 0 aliphatic carbocycles. The topological polar surface area (TPSA) is 90.6 Å². The minimum Gasteiger partial charge on any atom is -0.314 e. The molecule has 2 saturated heterocycles. The van der Waals surface area contributed by atoms with E-state index in [-0.39, 0.29) is 29.2 Å². The van der Waals surface area contributed by atoms with Crippen LogP contribution in [0.4, 0.5) is 5.69 Å². The fourth-order valence-electron chi connectivity index (χ4n) is 2.74. The highest BCUT2D eigenvalue weighted by atomic mass is 35.5. The molecule has 0 bridgehead atoms. The van der Waals surface area contributed by atoms with Gasteiger partial charge in [0.05, 0.1) is 34.3 Å². The number of anilines is 1. The molecule has 2 aliphatic rings. The molecule has 2 heterocycles. The van der Waals surface area contributed by atoms with E-state index in [2.05, 4.69) is 4.99 Å². The summed E-state index contributed by atoms with van der Waals surface area (Å²) in [7, 11) is -3.15. The molecule has 1 aromatic carbocycles. The summed E-state index contributed by atoms with van der Waals surface area (Å²) in [6, 6.07) is 6.26. The van der Waals surface area contributed by atoms with Crippen LogP contribution in [-0.2, 0) is 14.6 Å². The second-order valence-electron chi connectivity index (χ2n) is 5.39. The smallest absolute Gasteiger partial charge is 0.262 e. The predicted octanol–water partition coefficient (Wildman–Crippen LogP) is 2.51. The molecule has 2 atom stereocenters. The molecular weight excluding hydrogens is 393 g/mol. The highest BCUT2D eigenvalue weighted by Gasteiger charge is 2.49. The summed E-state index contributed by atoms with van der Waals surface area (Å²) in [6.45, 7) is 0. The van der Waals surface area contributed by atoms with Crippen LogP contribution in [0, 0.1) is 11.3 Å². The number of rotatable bonds is 2. The van der Waals surface area contributed by atoms with Gasteiger partial charge in [-0.05, 0) is 18.2 Å². The normalized spacial score (nSPS) is 26.4. The van der Waals surface area contributed by atoms with Crippen molar-refractivity contribution in [3.63, 3.8) is 0 Å². The molecule has 0 N–H and O–H groups in total. The maximum atomic E-state index is 11.9.